The normalized spacial score (nSPS) is 17.4. The molecule has 2 nitrogen and oxygen atoms in total. The lowest BCUT2D eigenvalue weighted by molar-refractivity contribution is 0.615. The third kappa shape index (κ3) is 7.24. The second kappa shape index (κ2) is 16.5. The number of anilines is 3. The number of nitrogens with zero attached hydrogens (tertiary/aromatic N) is 2. The summed E-state index contributed by atoms with van der Waals surface area (Å²) in [5.41, 5.74) is 16.0. The van der Waals surface area contributed by atoms with Crippen LogP contribution in [0.1, 0.15) is 76.1 Å². The largest absolute Gasteiger partial charge is 0.342 e. The predicted octanol–water partition coefficient (Wildman–Crippen LogP) is 15.1. The number of hydrogen-bond acceptors (Lipinski definition) is 2. The lowest BCUT2D eigenvalue weighted by Crippen LogP contribution is -2.29. The molecule has 2 heteroatoms. The molecule has 3 aliphatic rings. The average molecular weight is 801 g/mol. The fraction of sp³-hybridized carbons (Fsp3) is 0.167. The van der Waals surface area contributed by atoms with E-state index in [4.69, 9.17) is 0 Å². The molecule has 2 aliphatic heterocycles. The first-order valence-corrected chi connectivity index (χ1v) is 22.6. The van der Waals surface area contributed by atoms with E-state index in [0.29, 0.717) is 5.92 Å². The molecule has 2 heterocycles. The first-order chi connectivity index (χ1) is 30.6. The zero-order valence-corrected chi connectivity index (χ0v) is 35.5. The van der Waals surface area contributed by atoms with E-state index in [9.17, 15) is 0 Å². The van der Waals surface area contributed by atoms with Crippen LogP contribution in [-0.4, -0.2) is 13.1 Å². The number of allylic oxidation sites excluding steroid dienone is 3. The topological polar surface area (TPSA) is 6.48 Å². The van der Waals surface area contributed by atoms with Crippen LogP contribution < -0.4 is 9.80 Å². The fourth-order valence-electron chi connectivity index (χ4n) is 10.6. The molecule has 302 valence electrons. The second-order valence-corrected chi connectivity index (χ2v) is 17.5. The highest BCUT2D eigenvalue weighted by Gasteiger charge is 2.29. The van der Waals surface area contributed by atoms with Gasteiger partial charge in [0.25, 0.3) is 0 Å². The minimum atomic E-state index is 0.0971. The van der Waals surface area contributed by atoms with Gasteiger partial charge in [0.05, 0.1) is 0 Å². The predicted molar refractivity (Wildman–Crippen MR) is 264 cm³/mol. The molecule has 8 aromatic carbocycles. The highest BCUT2D eigenvalue weighted by Crippen LogP contribution is 2.43. The van der Waals surface area contributed by atoms with Gasteiger partial charge >= 0.3 is 0 Å². The van der Waals surface area contributed by atoms with Gasteiger partial charge in [-0.2, -0.15) is 0 Å². The van der Waals surface area contributed by atoms with Crippen molar-refractivity contribution in [3.8, 4) is 0 Å². The molecule has 0 spiro atoms. The maximum Gasteiger partial charge on any atom is 0.0443 e. The van der Waals surface area contributed by atoms with Crippen molar-refractivity contribution in [2.24, 2.45) is 5.92 Å². The van der Waals surface area contributed by atoms with Crippen molar-refractivity contribution in [3.63, 3.8) is 0 Å². The number of aryl methyl sites for hydroxylation is 2. The molecule has 0 radical (unpaired) electrons. The van der Waals surface area contributed by atoms with Gasteiger partial charge in [0, 0.05) is 47.7 Å². The molecule has 8 aromatic rings. The van der Waals surface area contributed by atoms with Crippen molar-refractivity contribution in [1.29, 1.82) is 0 Å². The van der Waals surface area contributed by atoms with Crippen LogP contribution in [0.2, 0.25) is 0 Å². The Balaban J connectivity index is 0.929. The first-order valence-electron chi connectivity index (χ1n) is 22.6. The van der Waals surface area contributed by atoms with Crippen LogP contribution in [0.5, 0.6) is 0 Å². The molecule has 11 rings (SSSR count). The minimum Gasteiger partial charge on any atom is -0.342 e. The van der Waals surface area contributed by atoms with Gasteiger partial charge in [-0.25, -0.2) is 0 Å². The number of benzene rings is 8. The maximum absolute atomic E-state index is 2.54. The monoisotopic (exact) mass is 800 g/mol. The molecule has 0 N–H and O–H groups in total. The number of para-hydroxylation sites is 2. The van der Waals surface area contributed by atoms with Gasteiger partial charge in [0.2, 0.25) is 0 Å². The van der Waals surface area contributed by atoms with Gasteiger partial charge in [-0.3, -0.25) is 0 Å². The molecule has 0 bridgehead atoms. The number of rotatable bonds is 8. The summed E-state index contributed by atoms with van der Waals surface area (Å²) in [6, 6.07) is 65.7. The molecule has 2 atom stereocenters. The van der Waals surface area contributed by atoms with E-state index >= 15 is 0 Å². The quantitative estimate of drug-likeness (QED) is 0.0858. The summed E-state index contributed by atoms with van der Waals surface area (Å²) in [7, 11) is 0. The van der Waals surface area contributed by atoms with Crippen LogP contribution in [0.15, 0.2) is 200 Å². The lowest BCUT2D eigenvalue weighted by atomic mass is 9.75. The van der Waals surface area contributed by atoms with Crippen molar-refractivity contribution < 1.29 is 0 Å². The van der Waals surface area contributed by atoms with Gasteiger partial charge < -0.3 is 9.80 Å². The van der Waals surface area contributed by atoms with E-state index in [1.807, 2.05) is 0 Å². The third-order valence-corrected chi connectivity index (χ3v) is 13.7. The fourth-order valence-corrected chi connectivity index (χ4v) is 10.6. The highest BCUT2D eigenvalue weighted by molar-refractivity contribution is 6.09. The van der Waals surface area contributed by atoms with Crippen molar-refractivity contribution in [2.45, 2.75) is 44.4 Å². The Morgan fingerprint density at radius 3 is 1.77 bits per heavy atom. The summed E-state index contributed by atoms with van der Waals surface area (Å²) in [5.74, 6) is 0.682. The number of fused-ring (bicyclic) bond motifs is 5. The van der Waals surface area contributed by atoms with Crippen LogP contribution in [-0.2, 0) is 12.8 Å². The van der Waals surface area contributed by atoms with Crippen molar-refractivity contribution >= 4 is 50.8 Å². The van der Waals surface area contributed by atoms with Crippen molar-refractivity contribution in [2.75, 3.05) is 22.9 Å². The van der Waals surface area contributed by atoms with Gasteiger partial charge in [-0.1, -0.05) is 177 Å². The Morgan fingerprint density at radius 1 is 0.532 bits per heavy atom. The third-order valence-electron chi connectivity index (χ3n) is 13.7. The SMILES string of the molecule is CC1C=C(N2CCCc3ccccc32)C=CC1c1ccc(/C=C/c2ccc3c(ccc4cc(N5CCCc6ccccc65)ccc43)c2)cc1C(c1ccccc1)c1ccccc1. The molecule has 1 aliphatic carbocycles. The molecule has 0 amide bonds. The summed E-state index contributed by atoms with van der Waals surface area (Å²) < 4.78 is 0. The average Bonchev–Trinajstić information content (AvgIpc) is 3.33. The molecule has 2 unspecified atom stereocenters. The first kappa shape index (κ1) is 38.1. The summed E-state index contributed by atoms with van der Waals surface area (Å²) in [5, 5.41) is 5.14. The van der Waals surface area contributed by atoms with E-state index in [-0.39, 0.29) is 11.8 Å². The van der Waals surface area contributed by atoms with Crippen LogP contribution in [0.4, 0.5) is 17.1 Å². The van der Waals surface area contributed by atoms with Crippen molar-refractivity contribution in [3.05, 3.63) is 244 Å². The van der Waals surface area contributed by atoms with Crippen LogP contribution in [0.3, 0.4) is 0 Å². The Morgan fingerprint density at radius 2 is 1.10 bits per heavy atom. The summed E-state index contributed by atoms with van der Waals surface area (Å²) >= 11 is 0. The number of hydrogen-bond donors (Lipinski definition) is 0. The molecular weight excluding hydrogens is 749 g/mol. The van der Waals surface area contributed by atoms with Gasteiger partial charge in [0.1, 0.15) is 0 Å². The summed E-state index contributed by atoms with van der Waals surface area (Å²) in [6.07, 6.45) is 16.6. The van der Waals surface area contributed by atoms with E-state index < -0.39 is 0 Å². The molecule has 0 saturated heterocycles. The van der Waals surface area contributed by atoms with Gasteiger partial charge in [-0.05, 0) is 134 Å². The smallest absolute Gasteiger partial charge is 0.0443 e. The van der Waals surface area contributed by atoms with Gasteiger partial charge in [-0.15, -0.1) is 0 Å². The Bertz CT molecular complexity index is 2970. The van der Waals surface area contributed by atoms with E-state index in [2.05, 4.69) is 223 Å². The van der Waals surface area contributed by atoms with E-state index in [1.165, 1.54) is 102 Å². The second-order valence-electron chi connectivity index (χ2n) is 17.5. The highest BCUT2D eigenvalue weighted by atomic mass is 15.1. The van der Waals surface area contributed by atoms with Crippen LogP contribution in [0, 0.1) is 5.92 Å². The molecular formula is C60H52N2. The summed E-state index contributed by atoms with van der Waals surface area (Å²) in [4.78, 5) is 5.03. The molecule has 0 aromatic heterocycles. The van der Waals surface area contributed by atoms with Crippen LogP contribution in [0.25, 0.3) is 33.7 Å². The van der Waals surface area contributed by atoms with E-state index in [0.717, 1.165) is 25.9 Å². The molecule has 62 heavy (non-hydrogen) atoms. The van der Waals surface area contributed by atoms with Gasteiger partial charge in [0.15, 0.2) is 0 Å². The minimum absolute atomic E-state index is 0.0971. The van der Waals surface area contributed by atoms with E-state index in [1.54, 1.807) is 0 Å². The summed E-state index contributed by atoms with van der Waals surface area (Å²) in [6.45, 7) is 4.51. The Hall–Kier alpha value is -6.90. The zero-order chi connectivity index (χ0) is 41.4. The molecule has 0 fully saturated rings. The Labute approximate surface area is 366 Å². The lowest BCUT2D eigenvalue weighted by Gasteiger charge is -2.36. The Kier molecular flexibility index (Phi) is 10.1. The zero-order valence-electron chi connectivity index (χ0n) is 35.5. The molecule has 0 saturated carbocycles. The van der Waals surface area contributed by atoms with Crippen LogP contribution >= 0.6 is 0 Å². The maximum atomic E-state index is 2.54. The standard InChI is InChI=1S/C60H52N2/c1-42-38-51(61-36-12-20-45-14-8-10-22-58(45)61)30-34-53(42)56-33-27-44(40-57(56)60(47-16-4-2-5-17-47)48-18-6-3-7-19-48)25-24-43-26-32-54-49(39-43)28-29-50-41-52(31-35-55(50)54)62-37-13-21-46-15-9-11-23-59(46)62/h2-11,14-19,22-35,38-42,53,60H,12-13,20-21,36-37H2,1H3/b25-24+. The van der Waals surface area contributed by atoms with Crippen molar-refractivity contribution in [1.82, 2.24) is 0 Å².